The Morgan fingerprint density at radius 3 is 2.80 bits per heavy atom. The van der Waals surface area contributed by atoms with Gasteiger partial charge in [0.2, 0.25) is 0 Å². The van der Waals surface area contributed by atoms with Crippen LogP contribution < -0.4 is 5.32 Å². The van der Waals surface area contributed by atoms with E-state index in [-0.39, 0.29) is 0 Å². The summed E-state index contributed by atoms with van der Waals surface area (Å²) < 4.78 is 5.73. The molecule has 0 bridgehead atoms. The van der Waals surface area contributed by atoms with Crippen LogP contribution in [0.4, 0.5) is 0 Å². The maximum atomic E-state index is 5.73. The number of hydrogen-bond acceptors (Lipinski definition) is 3. The van der Waals surface area contributed by atoms with Crippen molar-refractivity contribution in [3.8, 4) is 0 Å². The largest absolute Gasteiger partial charge is 0.463 e. The zero-order valence-corrected chi connectivity index (χ0v) is 9.62. The monoisotopic (exact) mass is 208 g/mol. The molecule has 1 aliphatic rings. The van der Waals surface area contributed by atoms with Crippen molar-refractivity contribution in [2.75, 3.05) is 13.6 Å². The minimum absolute atomic E-state index is 0.798. The van der Waals surface area contributed by atoms with Crippen molar-refractivity contribution in [3.05, 3.63) is 23.7 Å². The van der Waals surface area contributed by atoms with E-state index in [1.807, 2.05) is 0 Å². The van der Waals surface area contributed by atoms with Crippen molar-refractivity contribution in [2.45, 2.75) is 38.9 Å². The van der Waals surface area contributed by atoms with Crippen LogP contribution in [-0.4, -0.2) is 24.5 Å². The van der Waals surface area contributed by atoms with Gasteiger partial charge in [-0.1, -0.05) is 6.92 Å². The number of nitrogens with one attached hydrogen (secondary N) is 1. The lowest BCUT2D eigenvalue weighted by Gasteiger charge is -2.13. The van der Waals surface area contributed by atoms with Crippen LogP contribution in [0.15, 0.2) is 16.5 Å². The van der Waals surface area contributed by atoms with Gasteiger partial charge in [0.1, 0.15) is 11.5 Å². The minimum atomic E-state index is 0.798. The molecule has 0 radical (unpaired) electrons. The molecule has 0 aromatic carbocycles. The first kappa shape index (κ1) is 10.7. The Balaban J connectivity index is 1.83. The van der Waals surface area contributed by atoms with Gasteiger partial charge in [-0.25, -0.2) is 0 Å². The Morgan fingerprint density at radius 1 is 1.40 bits per heavy atom. The predicted octanol–water partition coefficient (Wildman–Crippen LogP) is 1.98. The molecule has 1 aromatic heterocycles. The second-order valence-electron chi connectivity index (χ2n) is 4.29. The average Bonchev–Trinajstić information content (AvgIpc) is 2.99. The Kier molecular flexibility index (Phi) is 3.44. The highest BCUT2D eigenvalue weighted by atomic mass is 16.3. The SMILES string of the molecule is CCNCc1ccc(CN(C)C2CC2)o1. The molecule has 0 unspecified atom stereocenters. The summed E-state index contributed by atoms with van der Waals surface area (Å²) in [6.07, 6.45) is 2.70. The first-order chi connectivity index (χ1) is 7.29. The van der Waals surface area contributed by atoms with Gasteiger partial charge in [-0.15, -0.1) is 0 Å². The second-order valence-corrected chi connectivity index (χ2v) is 4.29. The average molecular weight is 208 g/mol. The highest BCUT2D eigenvalue weighted by molar-refractivity contribution is 5.07. The van der Waals surface area contributed by atoms with E-state index in [0.717, 1.165) is 37.2 Å². The molecule has 2 rings (SSSR count). The molecule has 0 aliphatic heterocycles. The topological polar surface area (TPSA) is 28.4 Å². The fourth-order valence-corrected chi connectivity index (χ4v) is 1.74. The maximum absolute atomic E-state index is 5.73. The van der Waals surface area contributed by atoms with E-state index in [2.05, 4.69) is 36.3 Å². The molecule has 3 nitrogen and oxygen atoms in total. The molecule has 0 spiro atoms. The summed E-state index contributed by atoms with van der Waals surface area (Å²) in [7, 11) is 2.17. The van der Waals surface area contributed by atoms with E-state index >= 15 is 0 Å². The van der Waals surface area contributed by atoms with Gasteiger partial charge in [-0.05, 0) is 38.6 Å². The quantitative estimate of drug-likeness (QED) is 0.775. The van der Waals surface area contributed by atoms with Crippen LogP contribution >= 0.6 is 0 Å². The number of hydrogen-bond donors (Lipinski definition) is 1. The Bertz CT molecular complexity index is 304. The Hall–Kier alpha value is -0.800. The molecular weight excluding hydrogens is 188 g/mol. The molecule has 0 atom stereocenters. The van der Waals surface area contributed by atoms with Crippen molar-refractivity contribution < 1.29 is 4.42 Å². The van der Waals surface area contributed by atoms with Crippen molar-refractivity contribution in [2.24, 2.45) is 0 Å². The second kappa shape index (κ2) is 4.81. The molecular formula is C12H20N2O. The van der Waals surface area contributed by atoms with Gasteiger partial charge < -0.3 is 9.73 Å². The van der Waals surface area contributed by atoms with Crippen molar-refractivity contribution >= 4 is 0 Å². The van der Waals surface area contributed by atoms with E-state index in [0.29, 0.717) is 0 Å². The molecule has 15 heavy (non-hydrogen) atoms. The van der Waals surface area contributed by atoms with Crippen LogP contribution in [0.25, 0.3) is 0 Å². The van der Waals surface area contributed by atoms with Crippen molar-refractivity contribution in [1.29, 1.82) is 0 Å². The minimum Gasteiger partial charge on any atom is -0.463 e. The molecule has 1 N–H and O–H groups in total. The van der Waals surface area contributed by atoms with Gasteiger partial charge in [0.15, 0.2) is 0 Å². The third-order valence-electron chi connectivity index (χ3n) is 2.84. The molecule has 84 valence electrons. The predicted molar refractivity (Wildman–Crippen MR) is 60.6 cm³/mol. The molecule has 1 saturated carbocycles. The van der Waals surface area contributed by atoms with Crippen LogP contribution in [0, 0.1) is 0 Å². The Labute approximate surface area is 91.4 Å². The maximum Gasteiger partial charge on any atom is 0.118 e. The first-order valence-corrected chi connectivity index (χ1v) is 5.78. The lowest BCUT2D eigenvalue weighted by Crippen LogP contribution is -2.19. The molecule has 1 fully saturated rings. The summed E-state index contributed by atoms with van der Waals surface area (Å²) in [6, 6.07) is 4.96. The summed E-state index contributed by atoms with van der Waals surface area (Å²) in [6.45, 7) is 4.86. The van der Waals surface area contributed by atoms with Gasteiger partial charge in [0, 0.05) is 6.04 Å². The summed E-state index contributed by atoms with van der Waals surface area (Å²) >= 11 is 0. The van der Waals surface area contributed by atoms with Gasteiger partial charge in [0.05, 0.1) is 13.1 Å². The summed E-state index contributed by atoms with van der Waals surface area (Å²) in [5, 5.41) is 3.26. The highest BCUT2D eigenvalue weighted by Crippen LogP contribution is 2.26. The van der Waals surface area contributed by atoms with E-state index in [9.17, 15) is 0 Å². The lowest BCUT2D eigenvalue weighted by atomic mass is 10.4. The van der Waals surface area contributed by atoms with Crippen LogP contribution in [0.2, 0.25) is 0 Å². The van der Waals surface area contributed by atoms with Crippen molar-refractivity contribution in [1.82, 2.24) is 10.2 Å². The van der Waals surface area contributed by atoms with E-state index < -0.39 is 0 Å². The molecule has 1 aliphatic carbocycles. The third kappa shape index (κ3) is 3.08. The summed E-state index contributed by atoms with van der Waals surface area (Å²) in [4.78, 5) is 2.37. The van der Waals surface area contributed by atoms with Crippen molar-refractivity contribution in [3.63, 3.8) is 0 Å². The standard InChI is InChI=1S/C12H20N2O/c1-3-13-8-11-6-7-12(15-11)9-14(2)10-4-5-10/h6-7,10,13H,3-5,8-9H2,1-2H3. The van der Waals surface area contributed by atoms with E-state index in [1.54, 1.807) is 0 Å². The van der Waals surface area contributed by atoms with E-state index in [4.69, 9.17) is 4.42 Å². The van der Waals surface area contributed by atoms with Gasteiger partial charge in [-0.3, -0.25) is 4.90 Å². The zero-order chi connectivity index (χ0) is 10.7. The van der Waals surface area contributed by atoms with Gasteiger partial charge in [-0.2, -0.15) is 0 Å². The smallest absolute Gasteiger partial charge is 0.118 e. The summed E-state index contributed by atoms with van der Waals surface area (Å²) in [5.74, 6) is 2.12. The molecule has 3 heteroatoms. The van der Waals surface area contributed by atoms with Gasteiger partial charge >= 0.3 is 0 Å². The van der Waals surface area contributed by atoms with Gasteiger partial charge in [0.25, 0.3) is 0 Å². The number of furan rings is 1. The first-order valence-electron chi connectivity index (χ1n) is 5.78. The molecule has 0 amide bonds. The number of nitrogens with zero attached hydrogens (tertiary/aromatic N) is 1. The lowest BCUT2D eigenvalue weighted by molar-refractivity contribution is 0.281. The summed E-state index contributed by atoms with van der Waals surface area (Å²) in [5.41, 5.74) is 0. The fourth-order valence-electron chi connectivity index (χ4n) is 1.74. The molecule has 1 heterocycles. The highest BCUT2D eigenvalue weighted by Gasteiger charge is 2.26. The van der Waals surface area contributed by atoms with Crippen LogP contribution in [0.5, 0.6) is 0 Å². The molecule has 0 saturated heterocycles. The third-order valence-corrected chi connectivity index (χ3v) is 2.84. The van der Waals surface area contributed by atoms with E-state index in [1.165, 1.54) is 12.8 Å². The fraction of sp³-hybridized carbons (Fsp3) is 0.667. The van der Waals surface area contributed by atoms with Crippen LogP contribution in [-0.2, 0) is 13.1 Å². The Morgan fingerprint density at radius 2 is 2.13 bits per heavy atom. The van der Waals surface area contributed by atoms with Crippen LogP contribution in [0.1, 0.15) is 31.3 Å². The zero-order valence-electron chi connectivity index (χ0n) is 9.62. The van der Waals surface area contributed by atoms with Crippen LogP contribution in [0.3, 0.4) is 0 Å². The molecule has 1 aromatic rings. The number of rotatable bonds is 6. The normalized spacial score (nSPS) is 16.2.